The number of carbonyl (C=O) groups excluding carboxylic acids is 1. The molecule has 1 amide bonds. The molecule has 110 valence electrons. The van der Waals surface area contributed by atoms with Crippen molar-refractivity contribution in [1.29, 1.82) is 0 Å². The molecule has 1 atom stereocenters. The molecule has 0 aromatic heterocycles. The van der Waals surface area contributed by atoms with Crippen LogP contribution < -0.4 is 5.32 Å². The summed E-state index contributed by atoms with van der Waals surface area (Å²) in [7, 11) is -2.81. The van der Waals surface area contributed by atoms with Gasteiger partial charge in [0.25, 0.3) is 0 Å². The maximum absolute atomic E-state index is 11.8. The standard InChI is InChI=1S/C15H21NO3S/c1-12-3-2-4-14(9-12)10-15(17)16-7-5-13-6-8-20(18,19)11-13/h2-4,9,13H,5-8,10-11H2,1H3,(H,16,17). The zero-order valence-corrected chi connectivity index (χ0v) is 12.6. The average Bonchev–Trinajstić information content (AvgIpc) is 2.69. The van der Waals surface area contributed by atoms with Crippen LogP contribution in [0.4, 0.5) is 0 Å². The quantitative estimate of drug-likeness (QED) is 0.895. The molecule has 0 aliphatic carbocycles. The van der Waals surface area contributed by atoms with Crippen LogP contribution in [-0.2, 0) is 21.1 Å². The number of aryl methyl sites for hydroxylation is 1. The smallest absolute Gasteiger partial charge is 0.224 e. The molecule has 1 saturated heterocycles. The van der Waals surface area contributed by atoms with Crippen molar-refractivity contribution in [2.75, 3.05) is 18.1 Å². The number of rotatable bonds is 5. The third kappa shape index (κ3) is 4.63. The highest BCUT2D eigenvalue weighted by molar-refractivity contribution is 7.91. The van der Waals surface area contributed by atoms with Gasteiger partial charge in [-0.3, -0.25) is 4.79 Å². The van der Waals surface area contributed by atoms with Crippen molar-refractivity contribution < 1.29 is 13.2 Å². The van der Waals surface area contributed by atoms with E-state index in [0.717, 1.165) is 24.0 Å². The molecule has 5 heteroatoms. The van der Waals surface area contributed by atoms with E-state index < -0.39 is 9.84 Å². The van der Waals surface area contributed by atoms with Gasteiger partial charge in [-0.1, -0.05) is 29.8 Å². The third-order valence-electron chi connectivity index (χ3n) is 3.65. The number of nitrogens with one attached hydrogen (secondary N) is 1. The van der Waals surface area contributed by atoms with Gasteiger partial charge in [-0.05, 0) is 31.2 Å². The second-order valence-corrected chi connectivity index (χ2v) is 7.80. The molecule has 1 heterocycles. The van der Waals surface area contributed by atoms with Gasteiger partial charge >= 0.3 is 0 Å². The van der Waals surface area contributed by atoms with Crippen LogP contribution in [0.2, 0.25) is 0 Å². The predicted molar refractivity (Wildman–Crippen MR) is 79.3 cm³/mol. The Morgan fingerprint density at radius 2 is 2.20 bits per heavy atom. The highest BCUT2D eigenvalue weighted by Gasteiger charge is 2.27. The predicted octanol–water partition coefficient (Wildman–Crippen LogP) is 1.48. The summed E-state index contributed by atoms with van der Waals surface area (Å²) >= 11 is 0. The molecule has 1 aromatic rings. The fourth-order valence-corrected chi connectivity index (χ4v) is 4.50. The Hall–Kier alpha value is -1.36. The van der Waals surface area contributed by atoms with Gasteiger partial charge in [-0.15, -0.1) is 0 Å². The molecule has 4 nitrogen and oxygen atoms in total. The molecule has 0 bridgehead atoms. The lowest BCUT2D eigenvalue weighted by molar-refractivity contribution is -0.120. The van der Waals surface area contributed by atoms with Crippen molar-refractivity contribution in [3.63, 3.8) is 0 Å². The van der Waals surface area contributed by atoms with Gasteiger partial charge in [-0.25, -0.2) is 8.42 Å². The van der Waals surface area contributed by atoms with Crippen molar-refractivity contribution in [3.05, 3.63) is 35.4 Å². The SMILES string of the molecule is Cc1cccc(CC(=O)NCCC2CCS(=O)(=O)C2)c1. The first kappa shape index (κ1) is 15.0. The summed E-state index contributed by atoms with van der Waals surface area (Å²) in [5.41, 5.74) is 2.15. The highest BCUT2D eigenvalue weighted by atomic mass is 32.2. The van der Waals surface area contributed by atoms with Crippen molar-refractivity contribution in [2.24, 2.45) is 5.92 Å². The summed E-state index contributed by atoms with van der Waals surface area (Å²) in [4.78, 5) is 11.8. The summed E-state index contributed by atoms with van der Waals surface area (Å²) in [6.45, 7) is 2.56. The molecule has 1 aliphatic heterocycles. The Labute approximate surface area is 120 Å². The van der Waals surface area contributed by atoms with E-state index in [4.69, 9.17) is 0 Å². The van der Waals surface area contributed by atoms with Gasteiger partial charge in [-0.2, -0.15) is 0 Å². The van der Waals surface area contributed by atoms with E-state index in [1.54, 1.807) is 0 Å². The van der Waals surface area contributed by atoms with Crippen LogP contribution in [-0.4, -0.2) is 32.4 Å². The minimum absolute atomic E-state index is 0.00328. The van der Waals surface area contributed by atoms with Gasteiger partial charge in [0.1, 0.15) is 0 Å². The fourth-order valence-electron chi connectivity index (χ4n) is 2.59. The molecular weight excluding hydrogens is 274 g/mol. The number of amides is 1. The fraction of sp³-hybridized carbons (Fsp3) is 0.533. The molecule has 1 fully saturated rings. The average molecular weight is 295 g/mol. The molecular formula is C15H21NO3S. The van der Waals surface area contributed by atoms with Gasteiger partial charge in [0.2, 0.25) is 5.91 Å². The topological polar surface area (TPSA) is 63.2 Å². The second-order valence-electron chi connectivity index (χ2n) is 5.57. The van der Waals surface area contributed by atoms with Crippen molar-refractivity contribution >= 4 is 15.7 Å². The Morgan fingerprint density at radius 1 is 1.40 bits per heavy atom. The number of carbonyl (C=O) groups is 1. The Bertz CT molecular complexity index is 581. The Morgan fingerprint density at radius 3 is 2.85 bits per heavy atom. The zero-order valence-electron chi connectivity index (χ0n) is 11.8. The lowest BCUT2D eigenvalue weighted by atomic mass is 10.1. The second kappa shape index (κ2) is 6.39. The lowest BCUT2D eigenvalue weighted by Gasteiger charge is -2.09. The summed E-state index contributed by atoms with van der Waals surface area (Å²) in [6.07, 6.45) is 1.86. The molecule has 1 unspecified atom stereocenters. The zero-order chi connectivity index (χ0) is 14.6. The maximum Gasteiger partial charge on any atom is 0.224 e. The third-order valence-corrected chi connectivity index (χ3v) is 5.49. The molecule has 1 N–H and O–H groups in total. The number of hydrogen-bond donors (Lipinski definition) is 1. The summed E-state index contributed by atoms with van der Waals surface area (Å²) < 4.78 is 22.6. The van der Waals surface area contributed by atoms with Gasteiger partial charge in [0, 0.05) is 6.54 Å². The van der Waals surface area contributed by atoms with Crippen LogP contribution in [0.1, 0.15) is 24.0 Å². The van der Waals surface area contributed by atoms with E-state index >= 15 is 0 Å². The summed E-state index contributed by atoms with van der Waals surface area (Å²) in [5.74, 6) is 0.783. The first-order valence-electron chi connectivity index (χ1n) is 6.97. The molecule has 0 spiro atoms. The first-order valence-corrected chi connectivity index (χ1v) is 8.79. The lowest BCUT2D eigenvalue weighted by Crippen LogP contribution is -2.27. The first-order chi connectivity index (χ1) is 9.44. The minimum Gasteiger partial charge on any atom is -0.356 e. The maximum atomic E-state index is 11.8. The van der Waals surface area contributed by atoms with E-state index in [1.807, 2.05) is 31.2 Å². The monoisotopic (exact) mass is 295 g/mol. The largest absolute Gasteiger partial charge is 0.356 e. The highest BCUT2D eigenvalue weighted by Crippen LogP contribution is 2.20. The molecule has 1 aliphatic rings. The van der Waals surface area contributed by atoms with E-state index in [9.17, 15) is 13.2 Å². The van der Waals surface area contributed by atoms with Crippen LogP contribution in [0.5, 0.6) is 0 Å². The molecule has 0 radical (unpaired) electrons. The van der Waals surface area contributed by atoms with E-state index in [0.29, 0.717) is 18.7 Å². The molecule has 0 saturated carbocycles. The summed E-state index contributed by atoms with van der Waals surface area (Å²) in [5, 5.41) is 2.87. The van der Waals surface area contributed by atoms with Crippen LogP contribution in [0.25, 0.3) is 0 Å². The Kier molecular flexibility index (Phi) is 4.81. The molecule has 1 aromatic carbocycles. The number of sulfone groups is 1. The van der Waals surface area contributed by atoms with Gasteiger partial charge in [0.15, 0.2) is 9.84 Å². The Balaban J connectivity index is 1.71. The van der Waals surface area contributed by atoms with Gasteiger partial charge < -0.3 is 5.32 Å². The van der Waals surface area contributed by atoms with Crippen molar-refractivity contribution in [3.8, 4) is 0 Å². The number of hydrogen-bond acceptors (Lipinski definition) is 3. The van der Waals surface area contributed by atoms with Crippen molar-refractivity contribution in [2.45, 2.75) is 26.2 Å². The van der Waals surface area contributed by atoms with Crippen LogP contribution in [0.15, 0.2) is 24.3 Å². The van der Waals surface area contributed by atoms with Gasteiger partial charge in [0.05, 0.1) is 17.9 Å². The molecule has 20 heavy (non-hydrogen) atoms. The normalized spacial score (nSPS) is 20.8. The van der Waals surface area contributed by atoms with Crippen LogP contribution in [0, 0.1) is 12.8 Å². The van der Waals surface area contributed by atoms with Crippen LogP contribution >= 0.6 is 0 Å². The summed E-state index contributed by atoms with van der Waals surface area (Å²) in [6, 6.07) is 7.89. The molecule has 2 rings (SSSR count). The van der Waals surface area contributed by atoms with E-state index in [2.05, 4.69) is 5.32 Å². The minimum atomic E-state index is -2.81. The number of benzene rings is 1. The van der Waals surface area contributed by atoms with E-state index in [1.165, 1.54) is 0 Å². The van der Waals surface area contributed by atoms with Crippen LogP contribution in [0.3, 0.4) is 0 Å². The van der Waals surface area contributed by atoms with E-state index in [-0.39, 0.29) is 17.6 Å². The van der Waals surface area contributed by atoms with Crippen molar-refractivity contribution in [1.82, 2.24) is 5.32 Å².